The van der Waals surface area contributed by atoms with Crippen molar-refractivity contribution >= 4 is 51.6 Å². The van der Waals surface area contributed by atoms with Crippen LogP contribution in [-0.2, 0) is 14.3 Å². The zero-order valence-electron chi connectivity index (χ0n) is 26.1. The molecule has 0 spiro atoms. The molecule has 0 saturated heterocycles. The van der Waals surface area contributed by atoms with E-state index in [2.05, 4.69) is 21.9 Å². The van der Waals surface area contributed by atoms with Crippen LogP contribution >= 0.6 is 0 Å². The van der Waals surface area contributed by atoms with Crippen LogP contribution in [0.5, 0.6) is 5.88 Å². The van der Waals surface area contributed by atoms with Crippen molar-refractivity contribution in [2.75, 3.05) is 37.1 Å². The molecule has 0 radical (unpaired) electrons. The third kappa shape index (κ3) is 6.05. The molecule has 2 aromatic carbocycles. The van der Waals surface area contributed by atoms with Gasteiger partial charge in [0.25, 0.3) is 0 Å². The lowest BCUT2D eigenvalue weighted by molar-refractivity contribution is -0.129. The molecule has 4 aromatic rings. The fourth-order valence-electron chi connectivity index (χ4n) is 6.17. The van der Waals surface area contributed by atoms with Gasteiger partial charge in [0.15, 0.2) is 11.4 Å². The molecular weight excluding hydrogens is 602 g/mol. The first-order chi connectivity index (χ1) is 22.7. The maximum absolute atomic E-state index is 13.9. The second-order valence-corrected chi connectivity index (χ2v) is 11.5. The summed E-state index contributed by atoms with van der Waals surface area (Å²) in [5.74, 6) is -0.187. The first-order valence-corrected chi connectivity index (χ1v) is 15.2. The summed E-state index contributed by atoms with van der Waals surface area (Å²) in [4.78, 5) is 45.7. The number of benzene rings is 2. The number of rotatable bonds is 4. The van der Waals surface area contributed by atoms with E-state index >= 15 is 0 Å². The third-order valence-corrected chi connectivity index (χ3v) is 8.64. The van der Waals surface area contributed by atoms with Crippen LogP contribution in [-0.4, -0.2) is 53.7 Å². The number of nitrogens with zero attached hydrogens (tertiary/aromatic N) is 4. The maximum Gasteiger partial charge on any atom is 0.411 e. The lowest BCUT2D eigenvalue weighted by Gasteiger charge is -2.35. The second-order valence-electron chi connectivity index (χ2n) is 11.5. The number of nitrogens with one attached hydrogen (secondary N) is 2. The Kier molecular flexibility index (Phi) is 8.50. The minimum absolute atomic E-state index is 0.169. The zero-order valence-corrected chi connectivity index (χ0v) is 26.1. The van der Waals surface area contributed by atoms with Gasteiger partial charge >= 0.3 is 6.09 Å². The smallest absolute Gasteiger partial charge is 0.411 e. The number of nitrogen functional groups attached to an aromatic ring is 1. The number of ether oxygens (including phenoxy) is 2. The predicted octanol–water partition coefficient (Wildman–Crippen LogP) is 5.65. The molecule has 13 nitrogen and oxygen atoms in total. The summed E-state index contributed by atoms with van der Waals surface area (Å²) in [5.41, 5.74) is 10.8. The van der Waals surface area contributed by atoms with Crippen molar-refractivity contribution in [1.29, 1.82) is 5.26 Å². The number of aromatic nitrogens is 2. The Bertz CT molecular complexity index is 1980. The summed E-state index contributed by atoms with van der Waals surface area (Å²) in [6.07, 6.45) is 3.11. The van der Waals surface area contributed by atoms with Crippen molar-refractivity contribution in [3.8, 4) is 23.1 Å². The van der Waals surface area contributed by atoms with Gasteiger partial charge in [0.2, 0.25) is 17.7 Å². The lowest BCUT2D eigenvalue weighted by atomic mass is 9.91. The highest BCUT2D eigenvalue weighted by atomic mass is 16.5. The summed E-state index contributed by atoms with van der Waals surface area (Å²) in [7, 11) is 2.79. The standard InChI is InChI=1S/C34H33N7O6/c1-18-5-4-6-27(41-12-11-19(15-29(41)42)30-20(17-35)7-9-24-31(30)47-40-32(24)36)26-13-21(14-28(38-26)45-2)23-10-8-22(37-34(44)46-3)16-25(23)39-33(18)43/h7-10,13-16,18,27H,4-6,11-12H2,1-3H3,(H2,36,40)(H,37,44)(H,39,43)/t18-,27+/m1/s1. The van der Waals surface area contributed by atoms with Crippen molar-refractivity contribution in [3.05, 3.63) is 65.4 Å². The molecule has 2 aromatic heterocycles. The molecule has 240 valence electrons. The molecule has 4 N–H and O–H groups in total. The molecule has 0 unspecified atom stereocenters. The molecule has 4 heterocycles. The van der Waals surface area contributed by atoms with Crippen molar-refractivity contribution in [2.45, 2.75) is 38.6 Å². The number of anilines is 3. The van der Waals surface area contributed by atoms with Crippen molar-refractivity contribution in [3.63, 3.8) is 0 Å². The number of hydrogen-bond donors (Lipinski definition) is 3. The van der Waals surface area contributed by atoms with Gasteiger partial charge in [-0.15, -0.1) is 0 Å². The first-order valence-electron chi connectivity index (χ1n) is 15.2. The van der Waals surface area contributed by atoms with Crippen LogP contribution in [0.2, 0.25) is 0 Å². The number of hydrogen-bond acceptors (Lipinski definition) is 10. The molecule has 0 fully saturated rings. The molecule has 13 heteroatoms. The van der Waals surface area contributed by atoms with Gasteiger partial charge in [-0.25, -0.2) is 9.78 Å². The minimum atomic E-state index is -0.637. The largest absolute Gasteiger partial charge is 0.481 e. The SMILES string of the molecule is COC(=O)Nc1ccc2c(c1)NC(=O)[C@H](C)CCC[C@H](N1CCC(c3c(C#N)ccc4c(N)noc34)=CC1=O)c1cc-2cc(OC)n1. The van der Waals surface area contributed by atoms with Gasteiger partial charge in [-0.05, 0) is 60.7 Å². The number of carbonyl (C=O) groups is 3. The van der Waals surface area contributed by atoms with Crippen LogP contribution in [0.15, 0.2) is 53.1 Å². The number of amides is 3. The quantitative estimate of drug-likeness (QED) is 0.253. The van der Waals surface area contributed by atoms with Gasteiger partial charge in [0, 0.05) is 41.4 Å². The topological polar surface area (TPSA) is 186 Å². The molecular formula is C34H33N7O6. The molecule has 0 aliphatic carbocycles. The summed E-state index contributed by atoms with van der Waals surface area (Å²) >= 11 is 0. The monoisotopic (exact) mass is 635 g/mol. The highest BCUT2D eigenvalue weighted by molar-refractivity contribution is 6.04. The summed E-state index contributed by atoms with van der Waals surface area (Å²) in [5, 5.41) is 20.0. The van der Waals surface area contributed by atoms with Crippen molar-refractivity contribution in [2.24, 2.45) is 5.92 Å². The van der Waals surface area contributed by atoms with E-state index in [-0.39, 0.29) is 23.6 Å². The van der Waals surface area contributed by atoms with Crippen LogP contribution in [0, 0.1) is 17.2 Å². The van der Waals surface area contributed by atoms with Crippen LogP contribution in [0.25, 0.3) is 27.7 Å². The highest BCUT2D eigenvalue weighted by Gasteiger charge is 2.32. The number of pyridine rings is 1. The molecule has 2 aliphatic heterocycles. The molecule has 3 amide bonds. The zero-order chi connectivity index (χ0) is 33.2. The van der Waals surface area contributed by atoms with E-state index in [1.165, 1.54) is 20.3 Å². The fourth-order valence-corrected chi connectivity index (χ4v) is 6.17. The van der Waals surface area contributed by atoms with Crippen LogP contribution < -0.4 is 21.1 Å². The van der Waals surface area contributed by atoms with Gasteiger partial charge in [-0.2, -0.15) is 5.26 Å². The van der Waals surface area contributed by atoms with E-state index in [4.69, 9.17) is 24.7 Å². The van der Waals surface area contributed by atoms with E-state index in [1.54, 1.807) is 41.3 Å². The molecule has 2 aliphatic rings. The number of methoxy groups -OCH3 is 2. The van der Waals surface area contributed by atoms with Gasteiger partial charge in [-0.1, -0.05) is 24.6 Å². The summed E-state index contributed by atoms with van der Waals surface area (Å²) in [6, 6.07) is 13.9. The van der Waals surface area contributed by atoms with Gasteiger partial charge in [0.1, 0.15) is 0 Å². The van der Waals surface area contributed by atoms with Crippen molar-refractivity contribution < 1.29 is 28.4 Å². The molecule has 0 saturated carbocycles. The average molecular weight is 636 g/mol. The average Bonchev–Trinajstić information content (AvgIpc) is 3.45. The number of nitrogens with two attached hydrogens (primary N) is 1. The fraction of sp³-hybridized carbons (Fsp3) is 0.294. The maximum atomic E-state index is 13.9. The Morgan fingerprint density at radius 1 is 1.17 bits per heavy atom. The van der Waals surface area contributed by atoms with Crippen LogP contribution in [0.3, 0.4) is 0 Å². The van der Waals surface area contributed by atoms with Gasteiger partial charge in [0.05, 0.1) is 48.7 Å². The second kappa shape index (κ2) is 12.8. The van der Waals surface area contributed by atoms with E-state index in [0.717, 1.165) is 0 Å². The van der Waals surface area contributed by atoms with E-state index in [0.29, 0.717) is 94.0 Å². The van der Waals surface area contributed by atoms with E-state index in [9.17, 15) is 19.6 Å². The molecule has 2 atom stereocenters. The van der Waals surface area contributed by atoms with E-state index in [1.807, 2.05) is 13.0 Å². The van der Waals surface area contributed by atoms with Gasteiger partial charge < -0.3 is 29.9 Å². The van der Waals surface area contributed by atoms with Gasteiger partial charge in [-0.3, -0.25) is 14.9 Å². The van der Waals surface area contributed by atoms with Crippen molar-refractivity contribution in [1.82, 2.24) is 15.0 Å². The Labute approximate surface area is 270 Å². The molecule has 6 rings (SSSR count). The molecule has 47 heavy (non-hydrogen) atoms. The van der Waals surface area contributed by atoms with E-state index < -0.39 is 12.1 Å². The van der Waals surface area contributed by atoms with Crippen LogP contribution in [0.4, 0.5) is 22.0 Å². The normalized spacial score (nSPS) is 18.2. The predicted molar refractivity (Wildman–Crippen MR) is 174 cm³/mol. The lowest BCUT2D eigenvalue weighted by Crippen LogP contribution is -2.38. The minimum Gasteiger partial charge on any atom is -0.481 e. The Hall–Kier alpha value is -5.90. The Morgan fingerprint density at radius 2 is 2.00 bits per heavy atom. The number of nitriles is 1. The third-order valence-electron chi connectivity index (χ3n) is 8.64. The Morgan fingerprint density at radius 3 is 2.74 bits per heavy atom. The molecule has 2 bridgehead atoms. The number of fused-ring (bicyclic) bond motifs is 5. The number of carbonyl (C=O) groups excluding carboxylic acids is 3. The highest BCUT2D eigenvalue weighted by Crippen LogP contribution is 2.40. The summed E-state index contributed by atoms with van der Waals surface area (Å²) < 4.78 is 15.8. The Balaban J connectivity index is 1.42. The van der Waals surface area contributed by atoms with Crippen LogP contribution in [0.1, 0.15) is 55.5 Å². The first kappa shape index (κ1) is 31.1. The summed E-state index contributed by atoms with van der Waals surface area (Å²) in [6.45, 7) is 2.21.